The lowest BCUT2D eigenvalue weighted by Gasteiger charge is -2.18. The van der Waals surface area contributed by atoms with Crippen molar-refractivity contribution in [2.75, 3.05) is 20.8 Å². The largest absolute Gasteiger partial charge is 0.493 e. The van der Waals surface area contributed by atoms with Gasteiger partial charge in [0, 0.05) is 29.1 Å². The first-order chi connectivity index (χ1) is 16.3. The fourth-order valence-corrected chi connectivity index (χ4v) is 4.71. The molecule has 1 aliphatic heterocycles. The number of hydrogen-bond donors (Lipinski definition) is 1. The standard InChI is InChI=1S/C27H24N4O2/c1-32-24-10-8-18(14-25(24)33-2)26-22-16-29-23-6-4-3-5-21(23)27(22)31(30-26)20-9-7-17-11-12-28-15-19(17)13-20/h3-10,13-14,16,28H,11-12,15H2,1-2H3. The number of aromatic nitrogens is 3. The zero-order chi connectivity index (χ0) is 22.4. The minimum absolute atomic E-state index is 0.673. The summed E-state index contributed by atoms with van der Waals surface area (Å²) in [5.41, 5.74) is 7.59. The highest BCUT2D eigenvalue weighted by molar-refractivity contribution is 6.08. The number of hydrogen-bond acceptors (Lipinski definition) is 5. The van der Waals surface area contributed by atoms with Crippen molar-refractivity contribution in [3.05, 3.63) is 78.0 Å². The van der Waals surface area contributed by atoms with Crippen molar-refractivity contribution in [3.63, 3.8) is 0 Å². The monoisotopic (exact) mass is 436 g/mol. The highest BCUT2D eigenvalue weighted by atomic mass is 16.5. The normalized spacial score (nSPS) is 13.3. The molecule has 1 N–H and O–H groups in total. The maximum atomic E-state index is 5.55. The number of benzene rings is 3. The maximum absolute atomic E-state index is 5.55. The highest BCUT2D eigenvalue weighted by Gasteiger charge is 2.19. The zero-order valence-electron chi connectivity index (χ0n) is 18.6. The van der Waals surface area contributed by atoms with E-state index in [2.05, 4.69) is 34.3 Å². The van der Waals surface area contributed by atoms with Crippen LogP contribution in [0.15, 0.2) is 66.9 Å². The van der Waals surface area contributed by atoms with Gasteiger partial charge < -0.3 is 14.8 Å². The van der Waals surface area contributed by atoms with Crippen LogP contribution < -0.4 is 14.8 Å². The van der Waals surface area contributed by atoms with Gasteiger partial charge in [0.2, 0.25) is 0 Å². The minimum Gasteiger partial charge on any atom is -0.493 e. The maximum Gasteiger partial charge on any atom is 0.161 e. The van der Waals surface area contributed by atoms with Crippen LogP contribution in [0.4, 0.5) is 0 Å². The second-order valence-electron chi connectivity index (χ2n) is 8.25. The van der Waals surface area contributed by atoms with Crippen LogP contribution in [0.1, 0.15) is 11.1 Å². The van der Waals surface area contributed by atoms with Gasteiger partial charge in [0.25, 0.3) is 0 Å². The topological polar surface area (TPSA) is 61.2 Å². The van der Waals surface area contributed by atoms with E-state index in [9.17, 15) is 0 Å². The average molecular weight is 437 g/mol. The van der Waals surface area contributed by atoms with E-state index >= 15 is 0 Å². The van der Waals surface area contributed by atoms with Gasteiger partial charge in [0.15, 0.2) is 11.5 Å². The number of fused-ring (bicyclic) bond motifs is 4. The van der Waals surface area contributed by atoms with E-state index in [4.69, 9.17) is 19.6 Å². The third-order valence-corrected chi connectivity index (χ3v) is 6.39. The van der Waals surface area contributed by atoms with Crippen molar-refractivity contribution >= 4 is 21.8 Å². The molecule has 3 heterocycles. The van der Waals surface area contributed by atoms with E-state index in [-0.39, 0.29) is 0 Å². The number of nitrogens with one attached hydrogen (secondary N) is 1. The number of nitrogens with zero attached hydrogens (tertiary/aromatic N) is 3. The van der Waals surface area contributed by atoms with E-state index in [1.807, 2.05) is 42.6 Å². The SMILES string of the molecule is COc1ccc(-c2nn(-c3ccc4c(c3)CNCC4)c3c2cnc2ccccc23)cc1OC. The molecular formula is C27H24N4O2. The number of pyridine rings is 1. The lowest BCUT2D eigenvalue weighted by atomic mass is 10.0. The zero-order valence-corrected chi connectivity index (χ0v) is 18.6. The highest BCUT2D eigenvalue weighted by Crippen LogP contribution is 2.37. The molecule has 0 fully saturated rings. The summed E-state index contributed by atoms with van der Waals surface area (Å²) < 4.78 is 13.0. The van der Waals surface area contributed by atoms with Crippen LogP contribution >= 0.6 is 0 Å². The molecule has 0 bridgehead atoms. The Kier molecular flexibility index (Phi) is 4.73. The molecule has 0 unspecified atom stereocenters. The second-order valence-corrected chi connectivity index (χ2v) is 8.25. The van der Waals surface area contributed by atoms with Crippen molar-refractivity contribution in [2.45, 2.75) is 13.0 Å². The first kappa shape index (κ1) is 19.8. The van der Waals surface area contributed by atoms with E-state index < -0.39 is 0 Å². The fraction of sp³-hybridized carbons (Fsp3) is 0.185. The first-order valence-corrected chi connectivity index (χ1v) is 11.1. The van der Waals surface area contributed by atoms with Crippen molar-refractivity contribution in [1.82, 2.24) is 20.1 Å². The summed E-state index contributed by atoms with van der Waals surface area (Å²) >= 11 is 0. The van der Waals surface area contributed by atoms with E-state index in [0.717, 1.165) is 58.3 Å². The number of ether oxygens (including phenoxy) is 2. The Morgan fingerprint density at radius 2 is 1.76 bits per heavy atom. The van der Waals surface area contributed by atoms with Crippen molar-refractivity contribution in [1.29, 1.82) is 0 Å². The first-order valence-electron chi connectivity index (χ1n) is 11.1. The summed E-state index contributed by atoms with van der Waals surface area (Å²) in [5, 5.41) is 10.7. The van der Waals surface area contributed by atoms with Gasteiger partial charge in [-0.05, 0) is 60.5 Å². The summed E-state index contributed by atoms with van der Waals surface area (Å²) in [5.74, 6) is 1.36. The van der Waals surface area contributed by atoms with Gasteiger partial charge in [0.05, 0.1) is 30.9 Å². The molecular weight excluding hydrogens is 412 g/mol. The molecule has 0 atom stereocenters. The fourth-order valence-electron chi connectivity index (χ4n) is 4.71. The molecule has 3 aromatic carbocycles. The summed E-state index contributed by atoms with van der Waals surface area (Å²) in [6.07, 6.45) is 2.98. The molecule has 6 nitrogen and oxygen atoms in total. The van der Waals surface area contributed by atoms with Gasteiger partial charge in [-0.3, -0.25) is 4.98 Å². The molecule has 0 radical (unpaired) electrons. The Bertz CT molecular complexity index is 1510. The molecule has 164 valence electrons. The molecule has 1 aliphatic rings. The van der Waals surface area contributed by atoms with Crippen LogP contribution in [-0.4, -0.2) is 35.5 Å². The van der Waals surface area contributed by atoms with Gasteiger partial charge in [-0.15, -0.1) is 0 Å². The Morgan fingerprint density at radius 1 is 0.879 bits per heavy atom. The van der Waals surface area contributed by atoms with E-state index in [1.54, 1.807) is 14.2 Å². The number of rotatable bonds is 4. The molecule has 33 heavy (non-hydrogen) atoms. The molecule has 2 aromatic heterocycles. The molecule has 0 aliphatic carbocycles. The molecule has 6 heteroatoms. The Labute approximate surface area is 191 Å². The summed E-state index contributed by atoms with van der Waals surface area (Å²) in [6.45, 7) is 1.91. The predicted molar refractivity (Wildman–Crippen MR) is 130 cm³/mol. The van der Waals surface area contributed by atoms with Gasteiger partial charge in [-0.2, -0.15) is 5.10 Å². The van der Waals surface area contributed by atoms with Crippen LogP contribution in [0.3, 0.4) is 0 Å². The quantitative estimate of drug-likeness (QED) is 0.434. The van der Waals surface area contributed by atoms with Gasteiger partial charge in [-0.25, -0.2) is 4.68 Å². The van der Waals surface area contributed by atoms with Gasteiger partial charge in [0.1, 0.15) is 5.69 Å². The summed E-state index contributed by atoms with van der Waals surface area (Å²) in [4.78, 5) is 4.73. The molecule has 6 rings (SSSR count). The second kappa shape index (κ2) is 7.90. The van der Waals surface area contributed by atoms with Crippen LogP contribution in [0.5, 0.6) is 11.5 Å². The van der Waals surface area contributed by atoms with Crippen LogP contribution in [0.2, 0.25) is 0 Å². The summed E-state index contributed by atoms with van der Waals surface area (Å²) in [7, 11) is 3.29. The predicted octanol–water partition coefficient (Wildman–Crippen LogP) is 4.90. The third kappa shape index (κ3) is 3.22. The van der Waals surface area contributed by atoms with Crippen molar-refractivity contribution < 1.29 is 9.47 Å². The van der Waals surface area contributed by atoms with Crippen LogP contribution in [0.25, 0.3) is 38.8 Å². The smallest absolute Gasteiger partial charge is 0.161 e. The number of para-hydroxylation sites is 1. The summed E-state index contributed by atoms with van der Waals surface area (Å²) in [6, 6.07) is 20.8. The Morgan fingerprint density at radius 3 is 2.64 bits per heavy atom. The molecule has 0 saturated heterocycles. The Hall–Kier alpha value is -3.90. The Balaban J connectivity index is 1.64. The van der Waals surface area contributed by atoms with Crippen molar-refractivity contribution in [3.8, 4) is 28.4 Å². The van der Waals surface area contributed by atoms with Gasteiger partial charge in [-0.1, -0.05) is 24.3 Å². The average Bonchev–Trinajstić information content (AvgIpc) is 3.28. The van der Waals surface area contributed by atoms with Gasteiger partial charge >= 0.3 is 0 Å². The third-order valence-electron chi connectivity index (χ3n) is 6.39. The molecule has 0 saturated carbocycles. The lowest BCUT2D eigenvalue weighted by molar-refractivity contribution is 0.355. The molecule has 0 amide bonds. The van der Waals surface area contributed by atoms with E-state index in [0.29, 0.717) is 11.5 Å². The number of methoxy groups -OCH3 is 2. The van der Waals surface area contributed by atoms with Crippen molar-refractivity contribution in [2.24, 2.45) is 0 Å². The van der Waals surface area contributed by atoms with E-state index in [1.165, 1.54) is 11.1 Å². The van der Waals surface area contributed by atoms with Crippen LogP contribution in [-0.2, 0) is 13.0 Å². The van der Waals surface area contributed by atoms with Crippen LogP contribution in [0, 0.1) is 0 Å². The molecule has 0 spiro atoms. The molecule has 5 aromatic rings. The minimum atomic E-state index is 0.673. The lowest BCUT2D eigenvalue weighted by Crippen LogP contribution is -2.23.